The number of rotatable bonds is 7. The Kier molecular flexibility index (Phi) is 6.20. The standard InChI is InChI=1S/C25H20N4O3S2/c1-2-20(23(30)29-25-28-19(14-34-25)21-9-6-12-33-21)32-24(31)16-10-11-17-18(13-16)27-22(26-17)15-7-4-3-5-8-15/h3-14,20H,2H2,1H3,(H,26,27)(H,28,29,30). The van der Waals surface area contributed by atoms with Gasteiger partial charge in [-0.1, -0.05) is 43.3 Å². The van der Waals surface area contributed by atoms with Crippen molar-refractivity contribution in [2.45, 2.75) is 19.4 Å². The number of hydrogen-bond acceptors (Lipinski definition) is 7. The topological polar surface area (TPSA) is 97.0 Å². The van der Waals surface area contributed by atoms with Gasteiger partial charge in [-0.15, -0.1) is 22.7 Å². The lowest BCUT2D eigenvalue weighted by molar-refractivity contribution is -0.124. The number of thiazole rings is 1. The Morgan fingerprint density at radius 3 is 2.68 bits per heavy atom. The Morgan fingerprint density at radius 1 is 1.06 bits per heavy atom. The average molecular weight is 489 g/mol. The number of amides is 1. The van der Waals surface area contributed by atoms with E-state index in [0.29, 0.717) is 17.1 Å². The molecule has 3 aromatic heterocycles. The Balaban J connectivity index is 1.27. The largest absolute Gasteiger partial charge is 0.449 e. The second kappa shape index (κ2) is 9.58. The highest BCUT2D eigenvalue weighted by atomic mass is 32.1. The van der Waals surface area contributed by atoms with E-state index >= 15 is 0 Å². The lowest BCUT2D eigenvalue weighted by Gasteiger charge is -2.15. The highest BCUT2D eigenvalue weighted by Gasteiger charge is 2.23. The maximum absolute atomic E-state index is 12.8. The number of H-pyrrole nitrogens is 1. The molecule has 2 aromatic carbocycles. The number of benzene rings is 2. The SMILES string of the molecule is CCC(OC(=O)c1ccc2nc(-c3ccccc3)[nH]c2c1)C(=O)Nc1nc(-c2cccs2)cs1. The molecule has 34 heavy (non-hydrogen) atoms. The number of esters is 1. The number of nitrogens with zero attached hydrogens (tertiary/aromatic N) is 2. The molecule has 1 atom stereocenters. The fourth-order valence-electron chi connectivity index (χ4n) is 3.44. The number of ether oxygens (including phenoxy) is 1. The summed E-state index contributed by atoms with van der Waals surface area (Å²) in [6.45, 7) is 1.79. The van der Waals surface area contributed by atoms with E-state index in [-0.39, 0.29) is 0 Å². The molecule has 1 unspecified atom stereocenters. The number of fused-ring (bicyclic) bond motifs is 1. The van der Waals surface area contributed by atoms with Crippen LogP contribution in [-0.2, 0) is 9.53 Å². The number of nitrogens with one attached hydrogen (secondary N) is 2. The van der Waals surface area contributed by atoms with Gasteiger partial charge in [0.1, 0.15) is 5.82 Å². The lowest BCUT2D eigenvalue weighted by Crippen LogP contribution is -2.32. The zero-order valence-electron chi connectivity index (χ0n) is 18.1. The average Bonchev–Trinajstić information content (AvgIpc) is 3.63. The summed E-state index contributed by atoms with van der Waals surface area (Å²) in [6.07, 6.45) is -0.593. The molecule has 3 heterocycles. The van der Waals surface area contributed by atoms with Crippen molar-refractivity contribution in [3.8, 4) is 22.0 Å². The number of hydrogen-bond donors (Lipinski definition) is 2. The number of aromatic nitrogens is 3. The van der Waals surface area contributed by atoms with E-state index in [9.17, 15) is 9.59 Å². The van der Waals surface area contributed by atoms with Gasteiger partial charge in [0.2, 0.25) is 0 Å². The van der Waals surface area contributed by atoms with E-state index in [0.717, 1.165) is 33.0 Å². The maximum Gasteiger partial charge on any atom is 0.338 e. The van der Waals surface area contributed by atoms with Gasteiger partial charge in [0.15, 0.2) is 11.2 Å². The Morgan fingerprint density at radius 2 is 1.91 bits per heavy atom. The van der Waals surface area contributed by atoms with E-state index < -0.39 is 18.0 Å². The summed E-state index contributed by atoms with van der Waals surface area (Å²) >= 11 is 2.91. The van der Waals surface area contributed by atoms with E-state index in [1.54, 1.807) is 36.5 Å². The van der Waals surface area contributed by atoms with Crippen LogP contribution >= 0.6 is 22.7 Å². The second-order valence-corrected chi connectivity index (χ2v) is 9.30. The second-order valence-electron chi connectivity index (χ2n) is 7.49. The number of thiophene rings is 1. The van der Waals surface area contributed by atoms with Gasteiger partial charge < -0.3 is 9.72 Å². The van der Waals surface area contributed by atoms with Crippen molar-refractivity contribution in [2.75, 3.05) is 5.32 Å². The Labute approximate surface area is 203 Å². The quantitative estimate of drug-likeness (QED) is 0.274. The highest BCUT2D eigenvalue weighted by molar-refractivity contribution is 7.16. The van der Waals surface area contributed by atoms with Crippen LogP contribution in [0.3, 0.4) is 0 Å². The van der Waals surface area contributed by atoms with Crippen LogP contribution in [0.25, 0.3) is 33.0 Å². The van der Waals surface area contributed by atoms with Gasteiger partial charge in [0.05, 0.1) is 27.2 Å². The van der Waals surface area contributed by atoms with Crippen molar-refractivity contribution in [1.29, 1.82) is 0 Å². The van der Waals surface area contributed by atoms with Crippen LogP contribution in [0, 0.1) is 0 Å². The molecule has 0 bridgehead atoms. The fourth-order valence-corrected chi connectivity index (χ4v) is 4.92. The van der Waals surface area contributed by atoms with Crippen LogP contribution in [-0.4, -0.2) is 32.9 Å². The summed E-state index contributed by atoms with van der Waals surface area (Å²) in [6, 6.07) is 18.8. The smallest absolute Gasteiger partial charge is 0.338 e. The molecule has 9 heteroatoms. The molecule has 2 N–H and O–H groups in total. The molecule has 170 valence electrons. The summed E-state index contributed by atoms with van der Waals surface area (Å²) in [7, 11) is 0. The minimum absolute atomic E-state index is 0.338. The first-order chi connectivity index (χ1) is 16.6. The van der Waals surface area contributed by atoms with Crippen LogP contribution in [0.15, 0.2) is 71.4 Å². The molecule has 0 saturated heterocycles. The summed E-state index contributed by atoms with van der Waals surface area (Å²) in [5.41, 5.74) is 3.56. The number of imidazole rings is 1. The van der Waals surface area contributed by atoms with Crippen molar-refractivity contribution < 1.29 is 14.3 Å². The van der Waals surface area contributed by atoms with Crippen LogP contribution in [0.1, 0.15) is 23.7 Å². The third-order valence-electron chi connectivity index (χ3n) is 5.19. The summed E-state index contributed by atoms with van der Waals surface area (Å²) in [5.74, 6) is -0.257. The van der Waals surface area contributed by atoms with Crippen molar-refractivity contribution in [2.24, 2.45) is 0 Å². The molecule has 0 fully saturated rings. The minimum atomic E-state index is -0.932. The monoisotopic (exact) mass is 488 g/mol. The van der Waals surface area contributed by atoms with Gasteiger partial charge in [0.25, 0.3) is 5.91 Å². The molecular weight excluding hydrogens is 468 g/mol. The van der Waals surface area contributed by atoms with Crippen LogP contribution in [0.5, 0.6) is 0 Å². The molecule has 0 radical (unpaired) electrons. The molecular formula is C25H20N4O3S2. The van der Waals surface area contributed by atoms with Crippen molar-refractivity contribution in [3.05, 3.63) is 77.0 Å². The summed E-state index contributed by atoms with van der Waals surface area (Å²) in [4.78, 5) is 38.8. The van der Waals surface area contributed by atoms with Gasteiger partial charge in [-0.25, -0.2) is 14.8 Å². The first kappa shape index (κ1) is 22.0. The Bertz CT molecular complexity index is 1440. The van der Waals surface area contributed by atoms with Crippen molar-refractivity contribution in [3.63, 3.8) is 0 Å². The number of anilines is 1. The predicted octanol–water partition coefficient (Wildman–Crippen LogP) is 5.99. The van der Waals surface area contributed by atoms with Crippen molar-refractivity contribution in [1.82, 2.24) is 15.0 Å². The van der Waals surface area contributed by atoms with E-state index in [1.807, 2.05) is 53.2 Å². The summed E-state index contributed by atoms with van der Waals surface area (Å²) in [5, 5.41) is 7.09. The minimum Gasteiger partial charge on any atom is -0.449 e. The van der Waals surface area contributed by atoms with E-state index in [2.05, 4.69) is 20.3 Å². The molecule has 5 rings (SSSR count). The first-order valence-electron chi connectivity index (χ1n) is 10.7. The van der Waals surface area contributed by atoms with Crippen molar-refractivity contribution >= 4 is 50.7 Å². The number of carbonyl (C=O) groups excluding carboxylic acids is 2. The number of aromatic amines is 1. The van der Waals surface area contributed by atoms with Gasteiger partial charge >= 0.3 is 5.97 Å². The highest BCUT2D eigenvalue weighted by Crippen LogP contribution is 2.28. The van der Waals surface area contributed by atoms with Gasteiger partial charge in [-0.3, -0.25) is 10.1 Å². The maximum atomic E-state index is 12.8. The lowest BCUT2D eigenvalue weighted by atomic mass is 10.2. The number of carbonyl (C=O) groups is 2. The normalized spacial score (nSPS) is 11.9. The van der Waals surface area contributed by atoms with E-state index in [4.69, 9.17) is 4.74 Å². The molecule has 7 nitrogen and oxygen atoms in total. The first-order valence-corrected chi connectivity index (χ1v) is 12.4. The molecule has 5 aromatic rings. The van der Waals surface area contributed by atoms with Crippen LogP contribution in [0.2, 0.25) is 0 Å². The molecule has 0 aliphatic carbocycles. The van der Waals surface area contributed by atoms with Gasteiger partial charge in [-0.05, 0) is 36.1 Å². The van der Waals surface area contributed by atoms with Crippen LogP contribution < -0.4 is 5.32 Å². The van der Waals surface area contributed by atoms with Gasteiger partial charge in [0, 0.05) is 10.9 Å². The zero-order chi connectivity index (χ0) is 23.5. The Hall–Kier alpha value is -3.82. The molecule has 1 amide bonds. The zero-order valence-corrected chi connectivity index (χ0v) is 19.8. The fraction of sp³-hybridized carbons (Fsp3) is 0.120. The molecule has 0 aliphatic rings. The summed E-state index contributed by atoms with van der Waals surface area (Å²) < 4.78 is 5.53. The third-order valence-corrected chi connectivity index (χ3v) is 6.84. The third kappa shape index (κ3) is 4.61. The van der Waals surface area contributed by atoms with Gasteiger partial charge in [-0.2, -0.15) is 0 Å². The molecule has 0 spiro atoms. The molecule has 0 saturated carbocycles. The predicted molar refractivity (Wildman–Crippen MR) is 135 cm³/mol. The molecule has 0 aliphatic heterocycles. The van der Waals surface area contributed by atoms with E-state index in [1.165, 1.54) is 11.3 Å². The van der Waals surface area contributed by atoms with Crippen LogP contribution in [0.4, 0.5) is 5.13 Å².